The summed E-state index contributed by atoms with van der Waals surface area (Å²) in [5.74, 6) is -1.29. The molecular weight excluding hydrogens is 293 g/mol. The summed E-state index contributed by atoms with van der Waals surface area (Å²) in [5.41, 5.74) is 0.688. The lowest BCUT2D eigenvalue weighted by Crippen LogP contribution is -2.53. The number of carbonyl (C=O) groups is 1. The van der Waals surface area contributed by atoms with Crippen molar-refractivity contribution < 1.29 is 4.79 Å². The maximum atomic E-state index is 11.7. The highest BCUT2D eigenvalue weighted by Gasteiger charge is 2.35. The molecule has 1 heterocycles. The number of carbonyl (C=O) groups excluding carboxylic acids is 1. The molecule has 1 aliphatic heterocycles. The Morgan fingerprint density at radius 3 is 2.67 bits per heavy atom. The topological polar surface area (TPSA) is 64.9 Å². The average molecular weight is 300 g/mol. The number of nitrogens with one attached hydrogen (secondary N) is 2. The van der Waals surface area contributed by atoms with E-state index in [1.54, 1.807) is 18.2 Å². The normalized spacial score (nSPS) is 22.9. The zero-order chi connectivity index (χ0) is 13.3. The first-order chi connectivity index (χ1) is 8.52. The molecule has 0 aliphatic carbocycles. The summed E-state index contributed by atoms with van der Waals surface area (Å²) in [6, 6.07) is 6.36. The predicted molar refractivity (Wildman–Crippen MR) is 72.2 cm³/mol. The lowest BCUT2D eigenvalue weighted by atomic mass is 9.92. The first kappa shape index (κ1) is 13.1. The zero-order valence-corrected chi connectivity index (χ0v) is 11.2. The molecule has 2 rings (SSSR count). The number of rotatable bonds is 1. The van der Waals surface area contributed by atoms with Crippen molar-refractivity contribution in [1.29, 1.82) is 5.26 Å². The van der Waals surface area contributed by atoms with Crippen LogP contribution in [0.1, 0.15) is 11.6 Å². The molecule has 1 aromatic rings. The van der Waals surface area contributed by atoms with E-state index in [0.29, 0.717) is 15.6 Å². The van der Waals surface area contributed by atoms with Gasteiger partial charge >= 0.3 is 0 Å². The maximum absolute atomic E-state index is 11.7. The molecule has 1 amide bonds. The zero-order valence-electron chi connectivity index (χ0n) is 8.91. The fourth-order valence-corrected chi connectivity index (χ4v) is 2.25. The summed E-state index contributed by atoms with van der Waals surface area (Å²) in [4.78, 5) is 11.7. The number of halogens is 2. The Morgan fingerprint density at radius 2 is 2.06 bits per heavy atom. The van der Waals surface area contributed by atoms with Crippen LogP contribution < -0.4 is 10.6 Å². The molecule has 1 aliphatic rings. The number of benzene rings is 1. The van der Waals surface area contributed by atoms with Crippen LogP contribution in [0, 0.1) is 17.2 Å². The fourth-order valence-electron chi connectivity index (χ4n) is 1.72. The van der Waals surface area contributed by atoms with Gasteiger partial charge in [-0.15, -0.1) is 0 Å². The highest BCUT2D eigenvalue weighted by atomic mass is 35.5. The van der Waals surface area contributed by atoms with Gasteiger partial charge in [0.15, 0.2) is 5.11 Å². The Labute approximate surface area is 119 Å². The van der Waals surface area contributed by atoms with Crippen LogP contribution in [-0.2, 0) is 4.79 Å². The molecule has 92 valence electrons. The Hall–Kier alpha value is -1.35. The van der Waals surface area contributed by atoms with Crippen molar-refractivity contribution in [3.05, 3.63) is 33.8 Å². The Kier molecular flexibility index (Phi) is 3.71. The molecular formula is C11H7Cl2N3OS. The van der Waals surface area contributed by atoms with Gasteiger partial charge in [-0.05, 0) is 29.9 Å². The van der Waals surface area contributed by atoms with E-state index in [1.807, 2.05) is 6.07 Å². The predicted octanol–water partition coefficient (Wildman–Crippen LogP) is 2.18. The van der Waals surface area contributed by atoms with Gasteiger partial charge in [-0.2, -0.15) is 5.26 Å². The first-order valence-corrected chi connectivity index (χ1v) is 6.15. The first-order valence-electron chi connectivity index (χ1n) is 4.99. The summed E-state index contributed by atoms with van der Waals surface area (Å²) in [6.45, 7) is 0. The second-order valence-electron chi connectivity index (χ2n) is 3.72. The molecule has 1 aromatic carbocycles. The van der Waals surface area contributed by atoms with Crippen molar-refractivity contribution in [3.63, 3.8) is 0 Å². The van der Waals surface area contributed by atoms with Gasteiger partial charge in [0.2, 0.25) is 5.91 Å². The number of nitriles is 1. The van der Waals surface area contributed by atoms with Gasteiger partial charge < -0.3 is 10.6 Å². The van der Waals surface area contributed by atoms with Crippen molar-refractivity contribution in [1.82, 2.24) is 10.6 Å². The quantitative estimate of drug-likeness (QED) is 0.780. The second-order valence-corrected chi connectivity index (χ2v) is 4.94. The van der Waals surface area contributed by atoms with E-state index < -0.39 is 17.9 Å². The van der Waals surface area contributed by atoms with E-state index in [1.165, 1.54) is 0 Å². The van der Waals surface area contributed by atoms with Gasteiger partial charge in [0.25, 0.3) is 0 Å². The van der Waals surface area contributed by atoms with Crippen molar-refractivity contribution in [2.24, 2.45) is 5.92 Å². The minimum Gasteiger partial charge on any atom is -0.354 e. The number of amides is 1. The molecule has 7 heteroatoms. The highest BCUT2D eigenvalue weighted by Crippen LogP contribution is 2.30. The van der Waals surface area contributed by atoms with E-state index in [4.69, 9.17) is 40.7 Å². The highest BCUT2D eigenvalue weighted by molar-refractivity contribution is 7.80. The van der Waals surface area contributed by atoms with E-state index in [-0.39, 0.29) is 5.11 Å². The van der Waals surface area contributed by atoms with Gasteiger partial charge in [-0.3, -0.25) is 4.79 Å². The molecule has 0 bridgehead atoms. The molecule has 1 saturated heterocycles. The van der Waals surface area contributed by atoms with Gasteiger partial charge in [-0.1, -0.05) is 29.3 Å². The standard InChI is InChI=1S/C11H7Cl2N3OS/c12-7-2-1-5(3-8(7)13)9-6(4-14)10(17)16-11(18)15-9/h1-3,6,9H,(H2,15,16,17,18)/t6-,9-/m0/s1. The van der Waals surface area contributed by atoms with Gasteiger partial charge in [0.05, 0.1) is 22.2 Å². The SMILES string of the molecule is N#C[C@@H]1C(=O)NC(=S)N[C@H]1c1ccc(Cl)c(Cl)c1. The van der Waals surface area contributed by atoms with E-state index in [9.17, 15) is 4.79 Å². The second kappa shape index (κ2) is 5.11. The third kappa shape index (κ3) is 2.41. The third-order valence-corrected chi connectivity index (χ3v) is 3.54. The molecule has 0 saturated carbocycles. The van der Waals surface area contributed by atoms with Crippen LogP contribution >= 0.6 is 35.4 Å². The minimum absolute atomic E-state index is 0.197. The van der Waals surface area contributed by atoms with Crippen LogP contribution in [0.25, 0.3) is 0 Å². The van der Waals surface area contributed by atoms with Crippen LogP contribution in [0.5, 0.6) is 0 Å². The van der Waals surface area contributed by atoms with Gasteiger partial charge in [0, 0.05) is 0 Å². The van der Waals surface area contributed by atoms with Crippen molar-refractivity contribution in [3.8, 4) is 6.07 Å². The van der Waals surface area contributed by atoms with Gasteiger partial charge in [-0.25, -0.2) is 0 Å². The van der Waals surface area contributed by atoms with Gasteiger partial charge in [0.1, 0.15) is 5.92 Å². The third-order valence-electron chi connectivity index (χ3n) is 2.58. The maximum Gasteiger partial charge on any atom is 0.245 e. The fraction of sp³-hybridized carbons (Fsp3) is 0.182. The van der Waals surface area contributed by atoms with Crippen LogP contribution in [0.4, 0.5) is 0 Å². The summed E-state index contributed by atoms with van der Waals surface area (Å²) < 4.78 is 0. The summed E-state index contributed by atoms with van der Waals surface area (Å²) in [6.07, 6.45) is 0. The summed E-state index contributed by atoms with van der Waals surface area (Å²) in [5, 5.41) is 15.3. The average Bonchev–Trinajstić information content (AvgIpc) is 2.32. The molecule has 18 heavy (non-hydrogen) atoms. The lowest BCUT2D eigenvalue weighted by Gasteiger charge is -2.29. The van der Waals surface area contributed by atoms with Crippen molar-refractivity contribution in [2.75, 3.05) is 0 Å². The number of hydrogen-bond acceptors (Lipinski definition) is 3. The molecule has 2 N–H and O–H groups in total. The number of thiocarbonyl (C=S) groups is 1. The Balaban J connectivity index is 2.40. The van der Waals surface area contributed by atoms with Crippen LogP contribution in [-0.4, -0.2) is 11.0 Å². The monoisotopic (exact) mass is 299 g/mol. The molecule has 2 atom stereocenters. The Morgan fingerprint density at radius 1 is 1.33 bits per heavy atom. The molecule has 0 unspecified atom stereocenters. The molecule has 4 nitrogen and oxygen atoms in total. The van der Waals surface area contributed by atoms with Crippen LogP contribution in [0.2, 0.25) is 10.0 Å². The van der Waals surface area contributed by atoms with Crippen molar-refractivity contribution in [2.45, 2.75) is 6.04 Å². The Bertz CT molecular complexity index is 570. The number of nitrogens with zero attached hydrogens (tertiary/aromatic N) is 1. The van der Waals surface area contributed by atoms with E-state index in [2.05, 4.69) is 10.6 Å². The smallest absolute Gasteiger partial charge is 0.245 e. The number of hydrogen-bond donors (Lipinski definition) is 2. The summed E-state index contributed by atoms with van der Waals surface area (Å²) >= 11 is 16.7. The molecule has 0 spiro atoms. The molecule has 1 fully saturated rings. The van der Waals surface area contributed by atoms with Crippen LogP contribution in [0.3, 0.4) is 0 Å². The largest absolute Gasteiger partial charge is 0.354 e. The molecule has 0 aromatic heterocycles. The summed E-state index contributed by atoms with van der Waals surface area (Å²) in [7, 11) is 0. The van der Waals surface area contributed by atoms with E-state index >= 15 is 0 Å². The van der Waals surface area contributed by atoms with Crippen LogP contribution in [0.15, 0.2) is 18.2 Å². The minimum atomic E-state index is -0.867. The molecule has 0 radical (unpaired) electrons. The van der Waals surface area contributed by atoms with E-state index in [0.717, 1.165) is 0 Å². The van der Waals surface area contributed by atoms with Crippen molar-refractivity contribution >= 4 is 46.4 Å². The lowest BCUT2D eigenvalue weighted by molar-refractivity contribution is -0.123.